The molecule has 0 spiro atoms. The van der Waals surface area contributed by atoms with Crippen LogP contribution in [0.1, 0.15) is 38.7 Å². The summed E-state index contributed by atoms with van der Waals surface area (Å²) in [5, 5.41) is 3.63. The van der Waals surface area contributed by atoms with Crippen LogP contribution in [0.4, 0.5) is 0 Å². The van der Waals surface area contributed by atoms with Crippen LogP contribution in [0.2, 0.25) is 0 Å². The van der Waals surface area contributed by atoms with Crippen LogP contribution in [0, 0.1) is 3.57 Å². The Hall–Kier alpha value is -0.0900. The van der Waals surface area contributed by atoms with Crippen molar-refractivity contribution in [3.63, 3.8) is 0 Å². The molecule has 0 aliphatic heterocycles. The Balaban J connectivity index is 2.49. The first-order valence-corrected chi connectivity index (χ1v) is 7.32. The zero-order chi connectivity index (χ0) is 11.8. The van der Waals surface area contributed by atoms with Gasteiger partial charge in [-0.05, 0) is 66.1 Å². The molecule has 0 saturated heterocycles. The molecule has 16 heavy (non-hydrogen) atoms. The summed E-state index contributed by atoms with van der Waals surface area (Å²) in [4.78, 5) is 0. The van der Waals surface area contributed by atoms with Crippen LogP contribution < -0.4 is 5.32 Å². The Kier molecular flexibility index (Phi) is 7.05. The molecule has 1 nitrogen and oxygen atoms in total. The standard InChI is InChI=1S/C14H22IN/c1-3-5-14(16-10-4-2)11-12-6-8-13(15)9-7-12/h6-9,14,16H,3-5,10-11H2,1-2H3. The fraction of sp³-hybridized carbons (Fsp3) is 0.571. The Morgan fingerprint density at radius 1 is 1.12 bits per heavy atom. The second kappa shape index (κ2) is 8.07. The van der Waals surface area contributed by atoms with Gasteiger partial charge in [-0.15, -0.1) is 0 Å². The van der Waals surface area contributed by atoms with Gasteiger partial charge in [0.15, 0.2) is 0 Å². The lowest BCUT2D eigenvalue weighted by Crippen LogP contribution is -2.31. The van der Waals surface area contributed by atoms with Crippen LogP contribution in [0.5, 0.6) is 0 Å². The van der Waals surface area contributed by atoms with Crippen molar-refractivity contribution < 1.29 is 0 Å². The first kappa shape index (κ1) is 14.0. The zero-order valence-electron chi connectivity index (χ0n) is 10.3. The highest BCUT2D eigenvalue weighted by atomic mass is 127. The summed E-state index contributed by atoms with van der Waals surface area (Å²) in [5.41, 5.74) is 1.45. The zero-order valence-corrected chi connectivity index (χ0v) is 12.5. The average Bonchev–Trinajstić information content (AvgIpc) is 2.29. The molecule has 0 aliphatic carbocycles. The van der Waals surface area contributed by atoms with Gasteiger partial charge in [0.25, 0.3) is 0 Å². The summed E-state index contributed by atoms with van der Waals surface area (Å²) >= 11 is 2.35. The minimum atomic E-state index is 0.644. The van der Waals surface area contributed by atoms with Crippen LogP contribution in [-0.4, -0.2) is 12.6 Å². The Labute approximate surface area is 113 Å². The van der Waals surface area contributed by atoms with E-state index in [1.807, 2.05) is 0 Å². The minimum absolute atomic E-state index is 0.644. The van der Waals surface area contributed by atoms with Crippen molar-refractivity contribution in [2.24, 2.45) is 0 Å². The van der Waals surface area contributed by atoms with Gasteiger partial charge >= 0.3 is 0 Å². The third-order valence-electron chi connectivity index (χ3n) is 2.72. The Bertz CT molecular complexity index is 281. The van der Waals surface area contributed by atoms with E-state index in [4.69, 9.17) is 0 Å². The summed E-state index contributed by atoms with van der Waals surface area (Å²) in [7, 11) is 0. The number of nitrogens with one attached hydrogen (secondary N) is 1. The van der Waals surface area contributed by atoms with Crippen LogP contribution in [0.3, 0.4) is 0 Å². The summed E-state index contributed by atoms with van der Waals surface area (Å²) < 4.78 is 1.31. The molecular formula is C14H22IN. The van der Waals surface area contributed by atoms with E-state index in [0.29, 0.717) is 6.04 Å². The topological polar surface area (TPSA) is 12.0 Å². The SMILES string of the molecule is CCCNC(CCC)Cc1ccc(I)cc1. The average molecular weight is 331 g/mol. The van der Waals surface area contributed by atoms with Crippen LogP contribution in [0.15, 0.2) is 24.3 Å². The van der Waals surface area contributed by atoms with Crippen molar-refractivity contribution in [2.75, 3.05) is 6.54 Å². The number of benzene rings is 1. The minimum Gasteiger partial charge on any atom is -0.314 e. The predicted octanol–water partition coefficient (Wildman–Crippen LogP) is 4.00. The molecule has 90 valence electrons. The quantitative estimate of drug-likeness (QED) is 0.745. The number of hydrogen-bond acceptors (Lipinski definition) is 1. The lowest BCUT2D eigenvalue weighted by atomic mass is 10.0. The van der Waals surface area contributed by atoms with Crippen molar-refractivity contribution in [1.29, 1.82) is 0 Å². The molecule has 1 unspecified atom stereocenters. The first-order chi connectivity index (χ1) is 7.76. The molecule has 0 radical (unpaired) electrons. The lowest BCUT2D eigenvalue weighted by Gasteiger charge is -2.17. The maximum Gasteiger partial charge on any atom is 0.0130 e. The van der Waals surface area contributed by atoms with Crippen molar-refractivity contribution in [1.82, 2.24) is 5.32 Å². The van der Waals surface area contributed by atoms with Crippen LogP contribution in [-0.2, 0) is 6.42 Å². The smallest absolute Gasteiger partial charge is 0.0130 e. The monoisotopic (exact) mass is 331 g/mol. The molecule has 0 amide bonds. The van der Waals surface area contributed by atoms with E-state index in [9.17, 15) is 0 Å². The first-order valence-electron chi connectivity index (χ1n) is 6.24. The van der Waals surface area contributed by atoms with Crippen LogP contribution >= 0.6 is 22.6 Å². The second-order valence-electron chi connectivity index (χ2n) is 4.27. The maximum absolute atomic E-state index is 3.63. The van der Waals surface area contributed by atoms with Gasteiger partial charge < -0.3 is 5.32 Å². The third kappa shape index (κ3) is 5.30. The highest BCUT2D eigenvalue weighted by molar-refractivity contribution is 14.1. The third-order valence-corrected chi connectivity index (χ3v) is 3.43. The van der Waals surface area contributed by atoms with Gasteiger partial charge in [-0.25, -0.2) is 0 Å². The predicted molar refractivity (Wildman–Crippen MR) is 79.9 cm³/mol. The molecule has 1 N–H and O–H groups in total. The van der Waals surface area contributed by atoms with E-state index in [2.05, 4.69) is 66.0 Å². The number of halogens is 1. The van der Waals surface area contributed by atoms with Crippen molar-refractivity contribution in [3.05, 3.63) is 33.4 Å². The number of rotatable bonds is 7. The van der Waals surface area contributed by atoms with Gasteiger partial charge in [-0.1, -0.05) is 32.4 Å². The van der Waals surface area contributed by atoms with Crippen molar-refractivity contribution in [2.45, 2.75) is 45.6 Å². The molecule has 1 rings (SSSR count). The summed E-state index contributed by atoms with van der Waals surface area (Å²) in [6.45, 7) is 5.62. The van der Waals surface area contributed by atoms with E-state index in [0.717, 1.165) is 13.0 Å². The van der Waals surface area contributed by atoms with E-state index < -0.39 is 0 Å². The summed E-state index contributed by atoms with van der Waals surface area (Å²) in [5.74, 6) is 0. The maximum atomic E-state index is 3.63. The summed E-state index contributed by atoms with van der Waals surface area (Å²) in [6, 6.07) is 9.53. The van der Waals surface area contributed by atoms with Crippen molar-refractivity contribution >= 4 is 22.6 Å². The largest absolute Gasteiger partial charge is 0.314 e. The molecule has 0 fully saturated rings. The fourth-order valence-corrected chi connectivity index (χ4v) is 2.24. The summed E-state index contributed by atoms with van der Waals surface area (Å²) in [6.07, 6.45) is 4.90. The highest BCUT2D eigenvalue weighted by Crippen LogP contribution is 2.11. The van der Waals surface area contributed by atoms with Gasteiger partial charge in [0.2, 0.25) is 0 Å². The normalized spacial score (nSPS) is 12.7. The fourth-order valence-electron chi connectivity index (χ4n) is 1.88. The molecule has 1 aromatic carbocycles. The van der Waals surface area contributed by atoms with Gasteiger partial charge in [0, 0.05) is 9.61 Å². The molecule has 0 aromatic heterocycles. The van der Waals surface area contributed by atoms with E-state index in [-0.39, 0.29) is 0 Å². The highest BCUT2D eigenvalue weighted by Gasteiger charge is 2.07. The van der Waals surface area contributed by atoms with Crippen molar-refractivity contribution in [3.8, 4) is 0 Å². The molecule has 0 saturated carbocycles. The van der Waals surface area contributed by atoms with Crippen LogP contribution in [0.25, 0.3) is 0 Å². The molecule has 0 heterocycles. The molecule has 0 aliphatic rings. The second-order valence-corrected chi connectivity index (χ2v) is 5.52. The Morgan fingerprint density at radius 2 is 1.81 bits per heavy atom. The van der Waals surface area contributed by atoms with E-state index in [1.165, 1.54) is 28.4 Å². The number of hydrogen-bond donors (Lipinski definition) is 1. The van der Waals surface area contributed by atoms with E-state index in [1.54, 1.807) is 0 Å². The lowest BCUT2D eigenvalue weighted by molar-refractivity contribution is 0.473. The van der Waals surface area contributed by atoms with Gasteiger partial charge in [-0.2, -0.15) is 0 Å². The van der Waals surface area contributed by atoms with E-state index >= 15 is 0 Å². The van der Waals surface area contributed by atoms with Gasteiger partial charge in [0.05, 0.1) is 0 Å². The molecule has 2 heteroatoms. The molecule has 1 aromatic rings. The molecule has 0 bridgehead atoms. The van der Waals surface area contributed by atoms with Gasteiger partial charge in [-0.3, -0.25) is 0 Å². The molecular weight excluding hydrogens is 309 g/mol. The van der Waals surface area contributed by atoms with Gasteiger partial charge in [0.1, 0.15) is 0 Å². The molecule has 1 atom stereocenters. The Morgan fingerprint density at radius 3 is 2.38 bits per heavy atom.